The molecule has 2 N–H and O–H groups in total. The summed E-state index contributed by atoms with van der Waals surface area (Å²) in [6, 6.07) is 0. The van der Waals surface area contributed by atoms with Gasteiger partial charge in [-0.2, -0.15) is 0 Å². The Balaban J connectivity index is 2.49. The van der Waals surface area contributed by atoms with Crippen molar-refractivity contribution in [3.8, 4) is 0 Å². The van der Waals surface area contributed by atoms with E-state index < -0.39 is 10.8 Å². The van der Waals surface area contributed by atoms with Gasteiger partial charge >= 0.3 is 0 Å². The van der Waals surface area contributed by atoms with Crippen LogP contribution in [0.1, 0.15) is 19.2 Å². The molecule has 0 saturated heterocycles. The topological polar surface area (TPSA) is 86.7 Å². The summed E-state index contributed by atoms with van der Waals surface area (Å²) in [5.74, 6) is 0.666. The van der Waals surface area contributed by atoms with Crippen LogP contribution in [0.25, 0.3) is 0 Å². The zero-order valence-corrected chi connectivity index (χ0v) is 9.20. The second-order valence-electron chi connectivity index (χ2n) is 3.12. The molecule has 1 rings (SSSR count). The van der Waals surface area contributed by atoms with Crippen LogP contribution in [-0.4, -0.2) is 35.9 Å². The van der Waals surface area contributed by atoms with Crippen LogP contribution in [0.5, 0.6) is 0 Å². The first-order chi connectivity index (χ1) is 6.65. The molecular weight excluding hydrogens is 202 g/mol. The molecule has 0 saturated carbocycles. The lowest BCUT2D eigenvalue weighted by atomic mass is 10.3. The van der Waals surface area contributed by atoms with Crippen LogP contribution in [0.15, 0.2) is 0 Å². The molecule has 2 unspecified atom stereocenters. The Hall–Kier alpha value is -0.820. The number of aryl methyl sites for hydroxylation is 1. The Morgan fingerprint density at radius 2 is 2.36 bits per heavy atom. The van der Waals surface area contributed by atoms with Crippen LogP contribution in [0.2, 0.25) is 0 Å². The second-order valence-corrected chi connectivity index (χ2v) is 4.92. The Kier molecular flexibility index (Phi) is 4.15. The molecule has 0 spiro atoms. The molecule has 0 radical (unpaired) electrons. The summed E-state index contributed by atoms with van der Waals surface area (Å²) in [7, 11) is -0.794. The molecule has 0 fully saturated rings. The monoisotopic (exact) mass is 217 g/mol. The first-order valence-electron chi connectivity index (χ1n) is 4.42. The van der Waals surface area contributed by atoms with Gasteiger partial charge < -0.3 is 5.73 Å². The molecule has 0 aliphatic rings. The lowest BCUT2D eigenvalue weighted by Crippen LogP contribution is -2.16. The van der Waals surface area contributed by atoms with Gasteiger partial charge in [0.05, 0.1) is 6.54 Å². The van der Waals surface area contributed by atoms with E-state index in [1.54, 1.807) is 10.9 Å². The smallest absolute Gasteiger partial charge is 0.164 e. The lowest BCUT2D eigenvalue weighted by Gasteiger charge is -2.07. The van der Waals surface area contributed by atoms with E-state index in [1.807, 2.05) is 6.92 Å². The maximum absolute atomic E-state index is 11.1. The van der Waals surface area contributed by atoms with Gasteiger partial charge in [-0.3, -0.25) is 4.21 Å². The zero-order valence-electron chi connectivity index (χ0n) is 8.38. The van der Waals surface area contributed by atoms with Crippen molar-refractivity contribution < 1.29 is 4.21 Å². The number of rotatable bonds is 5. The van der Waals surface area contributed by atoms with Gasteiger partial charge in [-0.25, -0.2) is 4.68 Å². The van der Waals surface area contributed by atoms with E-state index in [1.165, 1.54) is 0 Å². The van der Waals surface area contributed by atoms with Crippen LogP contribution >= 0.6 is 0 Å². The first-order valence-corrected chi connectivity index (χ1v) is 6.04. The first kappa shape index (κ1) is 11.3. The van der Waals surface area contributed by atoms with Gasteiger partial charge in [0.25, 0.3) is 0 Å². The minimum Gasteiger partial charge on any atom is -0.324 e. The van der Waals surface area contributed by atoms with Gasteiger partial charge in [0.1, 0.15) is 0 Å². The van der Waals surface area contributed by atoms with E-state index in [-0.39, 0.29) is 5.25 Å². The predicted octanol–water partition coefficient (Wildman–Crippen LogP) is -0.711. The average molecular weight is 217 g/mol. The minimum atomic E-state index is -0.794. The standard InChI is InChI=1S/C7H15N5OS/c1-6(14(2)13)3-4-12-7(5-8)9-10-11-12/h6H,3-5,8H2,1-2H3. The van der Waals surface area contributed by atoms with Crippen LogP contribution in [0.4, 0.5) is 0 Å². The maximum Gasteiger partial charge on any atom is 0.164 e. The van der Waals surface area contributed by atoms with E-state index in [2.05, 4.69) is 15.5 Å². The van der Waals surface area contributed by atoms with E-state index in [9.17, 15) is 4.21 Å². The fourth-order valence-electron chi connectivity index (χ4n) is 1.01. The predicted molar refractivity (Wildman–Crippen MR) is 53.9 cm³/mol. The fraction of sp³-hybridized carbons (Fsp3) is 0.857. The quantitative estimate of drug-likeness (QED) is 0.704. The van der Waals surface area contributed by atoms with Crippen molar-refractivity contribution in [1.82, 2.24) is 20.2 Å². The van der Waals surface area contributed by atoms with E-state index in [0.29, 0.717) is 18.9 Å². The van der Waals surface area contributed by atoms with Gasteiger partial charge in [-0.05, 0) is 16.8 Å². The van der Waals surface area contributed by atoms with Crippen LogP contribution in [0, 0.1) is 0 Å². The van der Waals surface area contributed by atoms with Crippen LogP contribution < -0.4 is 5.73 Å². The molecule has 0 bridgehead atoms. The Morgan fingerprint density at radius 3 is 2.93 bits per heavy atom. The summed E-state index contributed by atoms with van der Waals surface area (Å²) < 4.78 is 12.7. The molecule has 7 heteroatoms. The van der Waals surface area contributed by atoms with E-state index in [4.69, 9.17) is 5.73 Å². The molecule has 1 heterocycles. The lowest BCUT2D eigenvalue weighted by molar-refractivity contribution is 0.533. The number of hydrogen-bond acceptors (Lipinski definition) is 5. The number of aromatic nitrogens is 4. The van der Waals surface area contributed by atoms with Crippen molar-refractivity contribution in [3.05, 3.63) is 5.82 Å². The Bertz CT molecular complexity index is 313. The zero-order chi connectivity index (χ0) is 10.6. The molecule has 0 aromatic carbocycles. The van der Waals surface area contributed by atoms with E-state index in [0.717, 1.165) is 6.42 Å². The summed E-state index contributed by atoms with van der Waals surface area (Å²) in [4.78, 5) is 0. The van der Waals surface area contributed by atoms with Crippen molar-refractivity contribution in [3.63, 3.8) is 0 Å². The Labute approximate surface area is 85.3 Å². The number of hydrogen-bond donors (Lipinski definition) is 1. The van der Waals surface area contributed by atoms with Crippen molar-refractivity contribution in [2.75, 3.05) is 6.26 Å². The van der Waals surface area contributed by atoms with Gasteiger partial charge in [0.2, 0.25) is 0 Å². The fourth-order valence-corrected chi connectivity index (χ4v) is 1.45. The van der Waals surface area contributed by atoms with Crippen molar-refractivity contribution in [2.45, 2.75) is 31.7 Å². The molecule has 80 valence electrons. The van der Waals surface area contributed by atoms with Gasteiger partial charge in [0, 0.05) is 28.9 Å². The highest BCUT2D eigenvalue weighted by atomic mass is 32.2. The van der Waals surface area contributed by atoms with Crippen LogP contribution in [-0.2, 0) is 23.9 Å². The van der Waals surface area contributed by atoms with Gasteiger partial charge in [-0.15, -0.1) is 5.10 Å². The molecule has 14 heavy (non-hydrogen) atoms. The number of nitrogens with two attached hydrogens (primary N) is 1. The maximum atomic E-state index is 11.1. The SMILES string of the molecule is CC(CCn1nnnc1CN)S(C)=O. The second kappa shape index (κ2) is 5.16. The van der Waals surface area contributed by atoms with Crippen LogP contribution in [0.3, 0.4) is 0 Å². The average Bonchev–Trinajstić information content (AvgIpc) is 2.60. The van der Waals surface area contributed by atoms with Gasteiger partial charge in [0.15, 0.2) is 5.82 Å². The highest BCUT2D eigenvalue weighted by molar-refractivity contribution is 7.84. The highest BCUT2D eigenvalue weighted by Gasteiger charge is 2.09. The molecular formula is C7H15N5OS. The molecule has 6 nitrogen and oxygen atoms in total. The molecule has 1 aromatic rings. The summed E-state index contributed by atoms with van der Waals surface area (Å²) >= 11 is 0. The molecule has 0 aliphatic heterocycles. The van der Waals surface area contributed by atoms with Crippen molar-refractivity contribution in [2.24, 2.45) is 5.73 Å². The minimum absolute atomic E-state index is 0.157. The summed E-state index contributed by atoms with van der Waals surface area (Å²) in [5, 5.41) is 11.2. The third-order valence-corrected chi connectivity index (χ3v) is 3.47. The molecule has 1 aromatic heterocycles. The van der Waals surface area contributed by atoms with E-state index >= 15 is 0 Å². The van der Waals surface area contributed by atoms with Crippen molar-refractivity contribution in [1.29, 1.82) is 0 Å². The summed E-state index contributed by atoms with van der Waals surface area (Å²) in [6.07, 6.45) is 2.50. The number of nitrogens with zero attached hydrogens (tertiary/aromatic N) is 4. The number of tetrazole rings is 1. The van der Waals surface area contributed by atoms with Gasteiger partial charge in [-0.1, -0.05) is 6.92 Å². The third-order valence-electron chi connectivity index (χ3n) is 2.10. The largest absolute Gasteiger partial charge is 0.324 e. The molecule has 0 aliphatic carbocycles. The third kappa shape index (κ3) is 2.85. The summed E-state index contributed by atoms with van der Waals surface area (Å²) in [6.45, 7) is 2.94. The van der Waals surface area contributed by atoms with Crippen molar-refractivity contribution >= 4 is 10.8 Å². The molecule has 2 atom stereocenters. The normalized spacial score (nSPS) is 15.4. The Morgan fingerprint density at radius 1 is 1.64 bits per heavy atom. The summed E-state index contributed by atoms with van der Waals surface area (Å²) in [5.41, 5.74) is 5.44. The highest BCUT2D eigenvalue weighted by Crippen LogP contribution is 2.02. The molecule has 0 amide bonds.